The second-order valence-corrected chi connectivity index (χ2v) is 6.46. The average molecular weight is 427 g/mol. The Morgan fingerprint density at radius 3 is 2.64 bits per heavy atom. The third kappa shape index (κ3) is 6.04. The lowest BCUT2D eigenvalue weighted by Crippen LogP contribution is -2.27. The smallest absolute Gasteiger partial charge is 0.323 e. The number of rotatable bonds is 6. The van der Waals surface area contributed by atoms with Crippen LogP contribution in [0.1, 0.15) is 16.8 Å². The summed E-state index contributed by atoms with van der Waals surface area (Å²) >= 11 is 9.30. The molecule has 0 heterocycles. The molecule has 0 atom stereocenters. The van der Waals surface area contributed by atoms with Gasteiger partial charge in [0.25, 0.3) is 5.91 Å². The van der Waals surface area contributed by atoms with Gasteiger partial charge in [0, 0.05) is 28.3 Å². The number of hydrogen-bond acceptors (Lipinski definition) is 3. The highest BCUT2D eigenvalue weighted by Crippen LogP contribution is 2.22. The molecule has 0 fully saturated rings. The molecule has 0 radical (unpaired) electrons. The predicted octanol–water partition coefficient (Wildman–Crippen LogP) is 3.86. The second kappa shape index (κ2) is 9.41. The molecule has 0 saturated heterocycles. The van der Waals surface area contributed by atoms with E-state index in [2.05, 4.69) is 31.9 Å². The fourth-order valence-corrected chi connectivity index (χ4v) is 2.62. The van der Waals surface area contributed by atoms with E-state index in [0.29, 0.717) is 29.4 Å². The maximum atomic E-state index is 12.2. The Morgan fingerprint density at radius 1 is 1.12 bits per heavy atom. The molecular formula is C17H17BrClN3O3. The van der Waals surface area contributed by atoms with Crippen LogP contribution in [0.2, 0.25) is 5.02 Å². The summed E-state index contributed by atoms with van der Waals surface area (Å²) in [5.74, 6) is -0.358. The van der Waals surface area contributed by atoms with E-state index in [0.717, 1.165) is 4.47 Å². The Labute approximate surface area is 158 Å². The molecule has 0 aromatic heterocycles. The number of benzene rings is 2. The summed E-state index contributed by atoms with van der Waals surface area (Å²) < 4.78 is 0.831. The molecular weight excluding hydrogens is 410 g/mol. The molecule has 8 heteroatoms. The average Bonchev–Trinajstić information content (AvgIpc) is 2.55. The van der Waals surface area contributed by atoms with Crippen LogP contribution in [0.4, 0.5) is 16.2 Å². The van der Waals surface area contributed by atoms with Gasteiger partial charge in [0.1, 0.15) is 0 Å². The highest BCUT2D eigenvalue weighted by atomic mass is 79.9. The van der Waals surface area contributed by atoms with Gasteiger partial charge >= 0.3 is 6.03 Å². The summed E-state index contributed by atoms with van der Waals surface area (Å²) in [4.78, 5) is 24.4. The SMILES string of the molecule is O=C(Nc1cccc(Br)c1)Nc1cc(Cl)ccc1C(=O)NCCCO. The molecule has 0 aliphatic carbocycles. The Morgan fingerprint density at radius 2 is 1.92 bits per heavy atom. The van der Waals surface area contributed by atoms with Crippen LogP contribution in [0.25, 0.3) is 0 Å². The number of anilines is 2. The standard InChI is InChI=1S/C17H17BrClN3O3/c18-11-3-1-4-13(9-11)21-17(25)22-15-10-12(19)5-6-14(15)16(24)20-7-2-8-23/h1,3-6,9-10,23H,2,7-8H2,(H,20,24)(H2,21,22,25). The van der Waals surface area contributed by atoms with E-state index < -0.39 is 6.03 Å². The van der Waals surface area contributed by atoms with Crippen LogP contribution in [0, 0.1) is 0 Å². The van der Waals surface area contributed by atoms with E-state index in [1.165, 1.54) is 12.1 Å². The fourth-order valence-electron chi connectivity index (χ4n) is 2.04. The molecule has 0 aliphatic rings. The van der Waals surface area contributed by atoms with Gasteiger partial charge in [-0.2, -0.15) is 0 Å². The minimum atomic E-state index is -0.496. The third-order valence-corrected chi connectivity index (χ3v) is 3.91. The van der Waals surface area contributed by atoms with Crippen molar-refractivity contribution in [2.45, 2.75) is 6.42 Å². The van der Waals surface area contributed by atoms with Crippen molar-refractivity contribution >= 4 is 50.8 Å². The van der Waals surface area contributed by atoms with Crippen molar-refractivity contribution in [2.75, 3.05) is 23.8 Å². The van der Waals surface area contributed by atoms with Crippen molar-refractivity contribution < 1.29 is 14.7 Å². The van der Waals surface area contributed by atoms with Crippen LogP contribution < -0.4 is 16.0 Å². The second-order valence-electron chi connectivity index (χ2n) is 5.11. The minimum absolute atomic E-state index is 0.0129. The summed E-state index contributed by atoms with van der Waals surface area (Å²) in [5, 5.41) is 17.2. The summed E-state index contributed by atoms with van der Waals surface area (Å²) in [5.41, 5.74) is 1.18. The number of aliphatic hydroxyl groups is 1. The monoisotopic (exact) mass is 425 g/mol. The van der Waals surface area contributed by atoms with Crippen molar-refractivity contribution in [3.63, 3.8) is 0 Å². The van der Waals surface area contributed by atoms with E-state index in [4.69, 9.17) is 16.7 Å². The maximum absolute atomic E-state index is 12.2. The first-order valence-corrected chi connectivity index (χ1v) is 8.69. The van der Waals surface area contributed by atoms with Crippen LogP contribution >= 0.6 is 27.5 Å². The molecule has 2 rings (SSSR count). The maximum Gasteiger partial charge on any atom is 0.323 e. The Bertz CT molecular complexity index is 771. The number of aliphatic hydroxyl groups excluding tert-OH is 1. The van der Waals surface area contributed by atoms with Gasteiger partial charge in [-0.3, -0.25) is 4.79 Å². The summed E-state index contributed by atoms with van der Waals surface area (Å²) in [7, 11) is 0. The van der Waals surface area contributed by atoms with Gasteiger partial charge in [0.05, 0.1) is 11.3 Å². The van der Waals surface area contributed by atoms with E-state index in [9.17, 15) is 9.59 Å². The number of urea groups is 1. The van der Waals surface area contributed by atoms with Gasteiger partial charge in [-0.25, -0.2) is 4.79 Å². The van der Waals surface area contributed by atoms with Gasteiger partial charge in [-0.15, -0.1) is 0 Å². The van der Waals surface area contributed by atoms with Crippen molar-refractivity contribution in [1.82, 2.24) is 5.32 Å². The van der Waals surface area contributed by atoms with Crippen molar-refractivity contribution in [2.24, 2.45) is 0 Å². The zero-order chi connectivity index (χ0) is 18.2. The normalized spacial score (nSPS) is 10.2. The van der Waals surface area contributed by atoms with Gasteiger partial charge in [0.15, 0.2) is 0 Å². The van der Waals surface area contributed by atoms with Gasteiger partial charge in [0.2, 0.25) is 0 Å². The van der Waals surface area contributed by atoms with Gasteiger partial charge in [-0.1, -0.05) is 33.6 Å². The van der Waals surface area contributed by atoms with Crippen LogP contribution in [0.3, 0.4) is 0 Å². The van der Waals surface area contributed by atoms with Gasteiger partial charge in [-0.05, 0) is 42.8 Å². The molecule has 0 bridgehead atoms. The Balaban J connectivity index is 2.10. The zero-order valence-electron chi connectivity index (χ0n) is 13.2. The Hall–Kier alpha value is -2.09. The number of nitrogens with one attached hydrogen (secondary N) is 3. The molecule has 6 nitrogen and oxygen atoms in total. The fraction of sp³-hybridized carbons (Fsp3) is 0.176. The molecule has 25 heavy (non-hydrogen) atoms. The lowest BCUT2D eigenvalue weighted by molar-refractivity contribution is 0.0952. The number of amides is 3. The summed E-state index contributed by atoms with van der Waals surface area (Å²) in [6.45, 7) is 0.322. The molecule has 0 saturated carbocycles. The van der Waals surface area contributed by atoms with Crippen molar-refractivity contribution in [3.8, 4) is 0 Å². The molecule has 2 aromatic carbocycles. The van der Waals surface area contributed by atoms with Crippen molar-refractivity contribution in [3.05, 3.63) is 57.5 Å². The molecule has 0 aliphatic heterocycles. The van der Waals surface area contributed by atoms with Gasteiger partial charge < -0.3 is 21.1 Å². The van der Waals surface area contributed by atoms with E-state index in [-0.39, 0.29) is 18.1 Å². The molecule has 132 valence electrons. The largest absolute Gasteiger partial charge is 0.396 e. The number of halogens is 2. The Kier molecular flexibility index (Phi) is 7.24. The van der Waals surface area contributed by atoms with E-state index in [1.807, 2.05) is 6.07 Å². The third-order valence-electron chi connectivity index (χ3n) is 3.18. The van der Waals surface area contributed by atoms with E-state index >= 15 is 0 Å². The predicted molar refractivity (Wildman–Crippen MR) is 102 cm³/mol. The molecule has 3 amide bonds. The van der Waals surface area contributed by atoms with Crippen molar-refractivity contribution in [1.29, 1.82) is 0 Å². The number of carbonyl (C=O) groups excluding carboxylic acids is 2. The highest BCUT2D eigenvalue weighted by molar-refractivity contribution is 9.10. The molecule has 4 N–H and O–H groups in total. The molecule has 2 aromatic rings. The van der Waals surface area contributed by atoms with Crippen LogP contribution in [-0.2, 0) is 0 Å². The first-order chi connectivity index (χ1) is 12.0. The van der Waals surface area contributed by atoms with Crippen LogP contribution in [0.15, 0.2) is 46.9 Å². The summed E-state index contributed by atoms with van der Waals surface area (Å²) in [6.07, 6.45) is 0.450. The zero-order valence-corrected chi connectivity index (χ0v) is 15.5. The van der Waals surface area contributed by atoms with E-state index in [1.54, 1.807) is 24.3 Å². The van der Waals surface area contributed by atoms with Crippen LogP contribution in [-0.4, -0.2) is 30.2 Å². The first kappa shape index (κ1) is 19.2. The summed E-state index contributed by atoms with van der Waals surface area (Å²) in [6, 6.07) is 11.2. The molecule has 0 unspecified atom stereocenters. The lowest BCUT2D eigenvalue weighted by atomic mass is 10.1. The molecule has 0 spiro atoms. The quantitative estimate of drug-likeness (QED) is 0.529. The highest BCUT2D eigenvalue weighted by Gasteiger charge is 2.14. The number of hydrogen-bond donors (Lipinski definition) is 4. The first-order valence-electron chi connectivity index (χ1n) is 7.52. The minimum Gasteiger partial charge on any atom is -0.396 e. The van der Waals surface area contributed by atoms with Crippen LogP contribution in [0.5, 0.6) is 0 Å². The topological polar surface area (TPSA) is 90.5 Å². The lowest BCUT2D eigenvalue weighted by Gasteiger charge is -2.13. The number of carbonyl (C=O) groups is 2.